The van der Waals surface area contributed by atoms with Crippen molar-refractivity contribution in [1.29, 1.82) is 0 Å². The molecule has 1 heterocycles. The van der Waals surface area contributed by atoms with Crippen LogP contribution in [0.15, 0.2) is 18.3 Å². The molecular formula is C8H7IN2. The quantitative estimate of drug-likeness (QED) is 0.722. The monoisotopic (exact) mass is 258 g/mol. The Morgan fingerprint density at radius 2 is 2.27 bits per heavy atom. The van der Waals surface area contributed by atoms with Gasteiger partial charge in [0.1, 0.15) is 0 Å². The number of aromatic amines is 1. The highest BCUT2D eigenvalue weighted by atomic mass is 127. The molecule has 3 heteroatoms. The lowest BCUT2D eigenvalue weighted by Crippen LogP contribution is -1.78. The maximum Gasteiger partial charge on any atom is 0.0680 e. The highest BCUT2D eigenvalue weighted by molar-refractivity contribution is 14.1. The van der Waals surface area contributed by atoms with Gasteiger partial charge in [0.2, 0.25) is 0 Å². The fourth-order valence-electron chi connectivity index (χ4n) is 1.19. The number of aromatic nitrogens is 2. The van der Waals surface area contributed by atoms with Gasteiger partial charge in [-0.05, 0) is 47.2 Å². The van der Waals surface area contributed by atoms with Crippen molar-refractivity contribution in [3.63, 3.8) is 0 Å². The van der Waals surface area contributed by atoms with E-state index >= 15 is 0 Å². The lowest BCUT2D eigenvalue weighted by Gasteiger charge is -1.95. The molecule has 0 aliphatic rings. The molecule has 2 aromatic rings. The first-order valence-electron chi connectivity index (χ1n) is 3.36. The number of H-pyrrole nitrogens is 1. The van der Waals surface area contributed by atoms with Crippen molar-refractivity contribution in [1.82, 2.24) is 10.2 Å². The zero-order chi connectivity index (χ0) is 7.84. The fourth-order valence-corrected chi connectivity index (χ4v) is 1.99. The number of nitrogens with one attached hydrogen (secondary N) is 1. The fraction of sp³-hybridized carbons (Fsp3) is 0.125. The summed E-state index contributed by atoms with van der Waals surface area (Å²) < 4.78 is 1.26. The van der Waals surface area contributed by atoms with Crippen LogP contribution in [0, 0.1) is 10.5 Å². The van der Waals surface area contributed by atoms with Gasteiger partial charge in [0.15, 0.2) is 0 Å². The Kier molecular flexibility index (Phi) is 1.60. The molecule has 0 saturated heterocycles. The molecular weight excluding hydrogens is 251 g/mol. The van der Waals surface area contributed by atoms with E-state index in [1.807, 2.05) is 6.20 Å². The Labute approximate surface area is 78.1 Å². The van der Waals surface area contributed by atoms with Crippen LogP contribution in [0.3, 0.4) is 0 Å². The summed E-state index contributed by atoms with van der Waals surface area (Å²) in [5, 5.41) is 8.13. The lowest BCUT2D eigenvalue weighted by molar-refractivity contribution is 1.11. The van der Waals surface area contributed by atoms with E-state index in [1.165, 1.54) is 14.5 Å². The molecule has 1 aromatic heterocycles. The largest absolute Gasteiger partial charge is 0.278 e. The normalized spacial score (nSPS) is 10.7. The number of benzene rings is 1. The Balaban J connectivity index is 2.91. The maximum atomic E-state index is 3.97. The molecule has 0 aliphatic heterocycles. The van der Waals surface area contributed by atoms with Gasteiger partial charge in [-0.1, -0.05) is 0 Å². The van der Waals surface area contributed by atoms with Crippen molar-refractivity contribution in [3.05, 3.63) is 27.5 Å². The Morgan fingerprint density at radius 3 is 3.09 bits per heavy atom. The van der Waals surface area contributed by atoms with Gasteiger partial charge in [0.05, 0.1) is 11.7 Å². The van der Waals surface area contributed by atoms with E-state index in [-0.39, 0.29) is 0 Å². The molecule has 2 nitrogen and oxygen atoms in total. The number of rotatable bonds is 0. The average Bonchev–Trinajstić information content (AvgIpc) is 2.34. The smallest absolute Gasteiger partial charge is 0.0680 e. The van der Waals surface area contributed by atoms with E-state index < -0.39 is 0 Å². The first-order valence-corrected chi connectivity index (χ1v) is 4.44. The second-order valence-electron chi connectivity index (χ2n) is 2.56. The molecule has 0 saturated carbocycles. The molecule has 56 valence electrons. The zero-order valence-electron chi connectivity index (χ0n) is 6.06. The second-order valence-corrected chi connectivity index (χ2v) is 3.80. The number of hydrogen-bond donors (Lipinski definition) is 1. The first-order chi connectivity index (χ1) is 5.27. The highest BCUT2D eigenvalue weighted by Gasteiger charge is 1.99. The third-order valence-electron chi connectivity index (χ3n) is 1.71. The van der Waals surface area contributed by atoms with E-state index in [4.69, 9.17) is 0 Å². The summed E-state index contributed by atoms with van der Waals surface area (Å²) >= 11 is 2.31. The third-order valence-corrected chi connectivity index (χ3v) is 2.33. The molecule has 1 aromatic carbocycles. The van der Waals surface area contributed by atoms with Gasteiger partial charge in [-0.25, -0.2) is 0 Å². The molecule has 0 fully saturated rings. The maximum absolute atomic E-state index is 3.97. The van der Waals surface area contributed by atoms with Crippen molar-refractivity contribution in [3.8, 4) is 0 Å². The minimum absolute atomic E-state index is 1.14. The number of fused-ring (bicyclic) bond motifs is 1. The van der Waals surface area contributed by atoms with Gasteiger partial charge < -0.3 is 0 Å². The van der Waals surface area contributed by atoms with Crippen molar-refractivity contribution in [2.24, 2.45) is 0 Å². The van der Waals surface area contributed by atoms with Crippen molar-refractivity contribution < 1.29 is 0 Å². The lowest BCUT2D eigenvalue weighted by atomic mass is 10.2. The van der Waals surface area contributed by atoms with Crippen LogP contribution >= 0.6 is 22.6 Å². The summed E-state index contributed by atoms with van der Waals surface area (Å²) in [6, 6.07) is 4.26. The molecule has 2 rings (SSSR count). The second kappa shape index (κ2) is 2.48. The Bertz CT molecular complexity index is 392. The summed E-state index contributed by atoms with van der Waals surface area (Å²) in [5.41, 5.74) is 2.40. The van der Waals surface area contributed by atoms with E-state index in [1.54, 1.807) is 0 Å². The van der Waals surface area contributed by atoms with Crippen molar-refractivity contribution in [2.75, 3.05) is 0 Å². The van der Waals surface area contributed by atoms with Crippen LogP contribution in [-0.4, -0.2) is 10.2 Å². The standard InChI is InChI=1S/C8H7IN2/c1-5-2-7(9)3-6-4-10-11-8(5)6/h2-4H,1H3,(H,10,11). The molecule has 0 spiro atoms. The van der Waals surface area contributed by atoms with Crippen LogP contribution in [0.2, 0.25) is 0 Å². The molecule has 1 N–H and O–H groups in total. The van der Waals surface area contributed by atoms with Gasteiger partial charge in [0, 0.05) is 8.96 Å². The van der Waals surface area contributed by atoms with Crippen LogP contribution in [0.1, 0.15) is 5.56 Å². The number of halogens is 1. The molecule has 0 aliphatic carbocycles. The Hall–Kier alpha value is -0.580. The van der Waals surface area contributed by atoms with Gasteiger partial charge >= 0.3 is 0 Å². The molecule has 0 atom stereocenters. The van der Waals surface area contributed by atoms with Crippen LogP contribution in [-0.2, 0) is 0 Å². The zero-order valence-corrected chi connectivity index (χ0v) is 8.21. The Morgan fingerprint density at radius 1 is 1.45 bits per heavy atom. The molecule has 11 heavy (non-hydrogen) atoms. The predicted octanol–water partition coefficient (Wildman–Crippen LogP) is 2.48. The topological polar surface area (TPSA) is 28.7 Å². The van der Waals surface area contributed by atoms with Crippen LogP contribution in [0.25, 0.3) is 10.9 Å². The minimum Gasteiger partial charge on any atom is -0.278 e. The van der Waals surface area contributed by atoms with Gasteiger partial charge in [-0.3, -0.25) is 5.10 Å². The summed E-state index contributed by atoms with van der Waals surface area (Å²) in [5.74, 6) is 0. The van der Waals surface area contributed by atoms with Crippen LogP contribution in [0.4, 0.5) is 0 Å². The molecule has 0 radical (unpaired) electrons. The highest BCUT2D eigenvalue weighted by Crippen LogP contribution is 2.18. The predicted molar refractivity (Wildman–Crippen MR) is 53.5 cm³/mol. The summed E-state index contributed by atoms with van der Waals surface area (Å²) in [6.07, 6.45) is 1.85. The number of hydrogen-bond acceptors (Lipinski definition) is 1. The molecule has 0 bridgehead atoms. The number of nitrogens with zero attached hydrogens (tertiary/aromatic N) is 1. The summed E-state index contributed by atoms with van der Waals surface area (Å²) in [6.45, 7) is 2.09. The minimum atomic E-state index is 1.14. The van der Waals surface area contributed by atoms with Gasteiger partial charge in [-0.15, -0.1) is 0 Å². The van der Waals surface area contributed by atoms with Crippen LogP contribution in [0.5, 0.6) is 0 Å². The van der Waals surface area contributed by atoms with Crippen molar-refractivity contribution in [2.45, 2.75) is 6.92 Å². The first kappa shape index (κ1) is 7.09. The summed E-state index contributed by atoms with van der Waals surface area (Å²) in [7, 11) is 0. The summed E-state index contributed by atoms with van der Waals surface area (Å²) in [4.78, 5) is 0. The van der Waals surface area contributed by atoms with E-state index in [0.29, 0.717) is 0 Å². The average molecular weight is 258 g/mol. The van der Waals surface area contributed by atoms with Crippen molar-refractivity contribution >= 4 is 33.5 Å². The van der Waals surface area contributed by atoms with Gasteiger partial charge in [-0.2, -0.15) is 5.10 Å². The van der Waals surface area contributed by atoms with E-state index in [9.17, 15) is 0 Å². The van der Waals surface area contributed by atoms with Crippen LogP contribution < -0.4 is 0 Å². The molecule has 0 amide bonds. The third kappa shape index (κ3) is 1.13. The molecule has 0 unspecified atom stereocenters. The number of aryl methyl sites for hydroxylation is 1. The SMILES string of the molecule is Cc1cc(I)cc2cn[nH]c12. The van der Waals surface area contributed by atoms with E-state index in [0.717, 1.165) is 5.52 Å². The van der Waals surface area contributed by atoms with Gasteiger partial charge in [0.25, 0.3) is 0 Å². The van der Waals surface area contributed by atoms with E-state index in [2.05, 4.69) is 51.8 Å².